The summed E-state index contributed by atoms with van der Waals surface area (Å²) in [7, 11) is -4.17. The van der Waals surface area contributed by atoms with Crippen molar-refractivity contribution in [3.63, 3.8) is 0 Å². The molecule has 10 heteroatoms. The number of hydrogen-bond donors (Lipinski definition) is 1. The molecule has 208 valence electrons. The summed E-state index contributed by atoms with van der Waals surface area (Å²) in [5.41, 5.74) is 1.88. The number of amides is 2. The molecule has 0 fully saturated rings. The highest BCUT2D eigenvalue weighted by molar-refractivity contribution is 9.10. The number of halogens is 2. The molecule has 1 atom stereocenters. The lowest BCUT2D eigenvalue weighted by atomic mass is 10.1. The molecule has 7 nitrogen and oxygen atoms in total. The van der Waals surface area contributed by atoms with Crippen LogP contribution in [0.25, 0.3) is 0 Å². The average molecular weight is 635 g/mol. The van der Waals surface area contributed by atoms with E-state index in [-0.39, 0.29) is 28.1 Å². The maximum absolute atomic E-state index is 13.9. The number of sulfonamides is 1. The smallest absolute Gasteiger partial charge is 0.264 e. The Hall–Kier alpha value is -2.88. The average Bonchev–Trinajstić information content (AvgIpc) is 2.91. The van der Waals surface area contributed by atoms with Crippen LogP contribution in [0.15, 0.2) is 82.2 Å². The van der Waals surface area contributed by atoms with Crippen LogP contribution in [0.1, 0.15) is 37.8 Å². The van der Waals surface area contributed by atoms with Crippen molar-refractivity contribution in [1.82, 2.24) is 10.2 Å². The molecule has 0 spiro atoms. The van der Waals surface area contributed by atoms with Gasteiger partial charge in [0.15, 0.2) is 0 Å². The van der Waals surface area contributed by atoms with Gasteiger partial charge in [0, 0.05) is 17.6 Å². The van der Waals surface area contributed by atoms with Gasteiger partial charge >= 0.3 is 0 Å². The predicted octanol–water partition coefficient (Wildman–Crippen LogP) is 5.94. The molecule has 0 aliphatic carbocycles. The first-order valence-electron chi connectivity index (χ1n) is 12.7. The highest BCUT2D eigenvalue weighted by Crippen LogP contribution is 2.31. The number of nitrogens with one attached hydrogen (secondary N) is 1. The van der Waals surface area contributed by atoms with Crippen LogP contribution in [-0.2, 0) is 26.2 Å². The van der Waals surface area contributed by atoms with Gasteiger partial charge in [-0.1, -0.05) is 82.8 Å². The third kappa shape index (κ3) is 8.06. The summed E-state index contributed by atoms with van der Waals surface area (Å²) in [6.45, 7) is 5.60. The number of aryl methyl sites for hydroxylation is 1. The molecule has 3 aromatic rings. The van der Waals surface area contributed by atoms with Crippen molar-refractivity contribution in [3.8, 4) is 0 Å². The quantitative estimate of drug-likeness (QED) is 0.250. The molecule has 0 aromatic heterocycles. The zero-order valence-electron chi connectivity index (χ0n) is 22.2. The van der Waals surface area contributed by atoms with Crippen LogP contribution in [0.3, 0.4) is 0 Å². The van der Waals surface area contributed by atoms with E-state index in [0.29, 0.717) is 6.54 Å². The van der Waals surface area contributed by atoms with E-state index in [1.54, 1.807) is 43.3 Å². The van der Waals surface area contributed by atoms with Gasteiger partial charge in [0.1, 0.15) is 12.6 Å². The molecular weight excluding hydrogens is 602 g/mol. The Morgan fingerprint density at radius 3 is 2.26 bits per heavy atom. The van der Waals surface area contributed by atoms with Crippen molar-refractivity contribution < 1.29 is 18.0 Å². The second-order valence-corrected chi connectivity index (χ2v) is 12.4. The third-order valence-electron chi connectivity index (χ3n) is 6.27. The number of benzene rings is 3. The van der Waals surface area contributed by atoms with Gasteiger partial charge in [0.2, 0.25) is 11.8 Å². The monoisotopic (exact) mass is 633 g/mol. The Labute approximate surface area is 244 Å². The molecule has 0 bridgehead atoms. The number of nitrogens with zero attached hydrogens (tertiary/aromatic N) is 2. The van der Waals surface area contributed by atoms with E-state index in [4.69, 9.17) is 11.6 Å². The van der Waals surface area contributed by atoms with Gasteiger partial charge < -0.3 is 10.2 Å². The molecule has 3 aromatic carbocycles. The summed E-state index contributed by atoms with van der Waals surface area (Å²) in [4.78, 5) is 28.3. The zero-order chi connectivity index (χ0) is 28.6. The van der Waals surface area contributed by atoms with Crippen molar-refractivity contribution in [2.45, 2.75) is 51.1 Å². The number of anilines is 1. The van der Waals surface area contributed by atoms with E-state index in [2.05, 4.69) is 21.2 Å². The van der Waals surface area contributed by atoms with Gasteiger partial charge in [-0.15, -0.1) is 0 Å². The molecule has 2 amide bonds. The molecule has 0 aliphatic rings. The Kier molecular flexibility index (Phi) is 11.0. The second-order valence-electron chi connectivity index (χ2n) is 9.24. The van der Waals surface area contributed by atoms with E-state index in [1.807, 2.05) is 38.1 Å². The largest absolute Gasteiger partial charge is 0.354 e. The fourth-order valence-corrected chi connectivity index (χ4v) is 5.90. The number of rotatable bonds is 12. The van der Waals surface area contributed by atoms with E-state index in [0.717, 1.165) is 32.7 Å². The fraction of sp³-hybridized carbons (Fsp3) is 0.310. The molecule has 1 N–H and O–H groups in total. The number of carbonyl (C=O) groups is 2. The molecule has 0 saturated carbocycles. The summed E-state index contributed by atoms with van der Waals surface area (Å²) in [5.74, 6) is -0.841. The fourth-order valence-electron chi connectivity index (χ4n) is 3.91. The van der Waals surface area contributed by atoms with E-state index >= 15 is 0 Å². The van der Waals surface area contributed by atoms with Crippen molar-refractivity contribution in [2.24, 2.45) is 0 Å². The minimum Gasteiger partial charge on any atom is -0.354 e. The summed E-state index contributed by atoms with van der Waals surface area (Å²) in [5, 5.41) is 3.06. The molecule has 0 heterocycles. The maximum Gasteiger partial charge on any atom is 0.264 e. The molecule has 39 heavy (non-hydrogen) atoms. The van der Waals surface area contributed by atoms with Crippen LogP contribution < -0.4 is 9.62 Å². The van der Waals surface area contributed by atoms with Crippen LogP contribution >= 0.6 is 27.5 Å². The van der Waals surface area contributed by atoms with Crippen molar-refractivity contribution >= 4 is 55.1 Å². The predicted molar refractivity (Wildman–Crippen MR) is 159 cm³/mol. The van der Waals surface area contributed by atoms with Crippen molar-refractivity contribution in [2.75, 3.05) is 17.4 Å². The third-order valence-corrected chi connectivity index (χ3v) is 8.89. The van der Waals surface area contributed by atoms with Gasteiger partial charge in [0.05, 0.1) is 15.6 Å². The van der Waals surface area contributed by atoms with Gasteiger partial charge in [-0.05, 0) is 62.2 Å². The number of para-hydroxylation sites is 1. The normalized spacial score (nSPS) is 12.0. The first kappa shape index (κ1) is 30.7. The van der Waals surface area contributed by atoms with Gasteiger partial charge in [-0.3, -0.25) is 13.9 Å². The minimum atomic E-state index is -4.17. The van der Waals surface area contributed by atoms with E-state index < -0.39 is 28.5 Å². The molecular formula is C29H33BrClN3O4S. The molecule has 0 unspecified atom stereocenters. The van der Waals surface area contributed by atoms with Gasteiger partial charge in [-0.25, -0.2) is 8.42 Å². The zero-order valence-corrected chi connectivity index (χ0v) is 25.4. The van der Waals surface area contributed by atoms with Crippen molar-refractivity contribution in [1.29, 1.82) is 0 Å². The van der Waals surface area contributed by atoms with Crippen LogP contribution in [0.2, 0.25) is 5.02 Å². The minimum absolute atomic E-state index is 0.0330. The second kappa shape index (κ2) is 14.0. The summed E-state index contributed by atoms with van der Waals surface area (Å²) < 4.78 is 29.6. The Morgan fingerprint density at radius 2 is 1.64 bits per heavy atom. The molecule has 0 saturated heterocycles. The van der Waals surface area contributed by atoms with Crippen LogP contribution in [-0.4, -0.2) is 44.3 Å². The highest BCUT2D eigenvalue weighted by Gasteiger charge is 2.33. The summed E-state index contributed by atoms with van der Waals surface area (Å²) >= 11 is 9.84. The molecule has 0 radical (unpaired) electrons. The Morgan fingerprint density at radius 1 is 1.00 bits per heavy atom. The summed E-state index contributed by atoms with van der Waals surface area (Å²) in [6, 6.07) is 19.4. The number of hydrogen-bond acceptors (Lipinski definition) is 4. The van der Waals surface area contributed by atoms with Crippen LogP contribution in [0, 0.1) is 6.92 Å². The van der Waals surface area contributed by atoms with E-state index in [1.165, 1.54) is 17.0 Å². The highest BCUT2D eigenvalue weighted by atomic mass is 79.9. The Balaban J connectivity index is 2.00. The first-order valence-corrected chi connectivity index (χ1v) is 15.3. The van der Waals surface area contributed by atoms with Crippen LogP contribution in [0.4, 0.5) is 5.69 Å². The summed E-state index contributed by atoms with van der Waals surface area (Å²) in [6.07, 6.45) is 1.73. The SMILES string of the molecule is CCCCNC(=O)[C@@H](C)N(Cc1ccc(Br)cc1)C(=O)CN(c1ccccc1Cl)S(=O)(=O)c1ccc(C)cc1. The first-order chi connectivity index (χ1) is 18.5. The van der Waals surface area contributed by atoms with Gasteiger partial charge in [-0.2, -0.15) is 0 Å². The standard InChI is InChI=1S/C29H33BrClN3O4S/c1-4-5-18-32-29(36)22(3)33(19-23-12-14-24(30)15-13-23)28(35)20-34(27-9-7-6-8-26(27)31)39(37,38)25-16-10-21(2)11-17-25/h6-17,22H,4-5,18-20H2,1-3H3,(H,32,36)/t22-/m1/s1. The van der Waals surface area contributed by atoms with Crippen molar-refractivity contribution in [3.05, 3.63) is 93.4 Å². The van der Waals surface area contributed by atoms with Crippen LogP contribution in [0.5, 0.6) is 0 Å². The number of unbranched alkanes of at least 4 members (excludes halogenated alkanes) is 1. The topological polar surface area (TPSA) is 86.8 Å². The molecule has 3 rings (SSSR count). The number of carbonyl (C=O) groups excluding carboxylic acids is 2. The van der Waals surface area contributed by atoms with E-state index in [9.17, 15) is 18.0 Å². The lowest BCUT2D eigenvalue weighted by Gasteiger charge is -2.32. The lowest BCUT2D eigenvalue weighted by molar-refractivity contribution is -0.139. The maximum atomic E-state index is 13.9. The Bertz CT molecular complexity index is 1380. The lowest BCUT2D eigenvalue weighted by Crippen LogP contribution is -2.51. The molecule has 0 aliphatic heterocycles. The van der Waals surface area contributed by atoms with Gasteiger partial charge in [0.25, 0.3) is 10.0 Å².